The lowest BCUT2D eigenvalue weighted by Crippen LogP contribution is -2.23. The lowest BCUT2D eigenvalue weighted by Gasteiger charge is -2.14. The topological polar surface area (TPSA) is 29.9 Å². The highest BCUT2D eigenvalue weighted by atomic mass is 19.1. The van der Waals surface area contributed by atoms with E-state index in [2.05, 4.69) is 17.3 Å². The van der Waals surface area contributed by atoms with E-state index < -0.39 is 0 Å². The number of nitrogens with zero attached hydrogens (tertiary/aromatic N) is 2. The van der Waals surface area contributed by atoms with Crippen molar-refractivity contribution in [2.75, 3.05) is 6.54 Å². The van der Waals surface area contributed by atoms with Gasteiger partial charge in [0.1, 0.15) is 5.82 Å². The van der Waals surface area contributed by atoms with Gasteiger partial charge in [-0.05, 0) is 30.7 Å². The van der Waals surface area contributed by atoms with E-state index in [0.717, 1.165) is 18.7 Å². The fourth-order valence-corrected chi connectivity index (χ4v) is 1.70. The molecule has 3 nitrogen and oxygen atoms in total. The van der Waals surface area contributed by atoms with Crippen LogP contribution in [-0.2, 0) is 6.54 Å². The Bertz CT molecular complexity index is 436. The molecule has 0 saturated heterocycles. The number of benzene rings is 1. The Hall–Kier alpha value is -1.68. The summed E-state index contributed by atoms with van der Waals surface area (Å²) in [7, 11) is 0. The van der Waals surface area contributed by atoms with Crippen LogP contribution >= 0.6 is 0 Å². The normalized spacial score (nSPS) is 12.6. The average molecular weight is 233 g/mol. The molecule has 1 heterocycles. The minimum Gasteiger partial charge on any atom is -0.308 e. The van der Waals surface area contributed by atoms with Gasteiger partial charge in [0.15, 0.2) is 0 Å². The van der Waals surface area contributed by atoms with Crippen LogP contribution in [0.5, 0.6) is 0 Å². The van der Waals surface area contributed by atoms with Gasteiger partial charge in [-0.2, -0.15) is 5.10 Å². The summed E-state index contributed by atoms with van der Waals surface area (Å²) in [6.45, 7) is 3.73. The van der Waals surface area contributed by atoms with E-state index in [1.807, 2.05) is 16.9 Å². The first-order valence-corrected chi connectivity index (χ1v) is 5.72. The third-order valence-electron chi connectivity index (χ3n) is 2.72. The Kier molecular flexibility index (Phi) is 3.88. The van der Waals surface area contributed by atoms with Crippen molar-refractivity contribution in [3.05, 3.63) is 54.1 Å². The molecule has 0 amide bonds. The first-order chi connectivity index (χ1) is 8.25. The van der Waals surface area contributed by atoms with Crippen molar-refractivity contribution in [2.45, 2.75) is 19.5 Å². The predicted molar refractivity (Wildman–Crippen MR) is 65.0 cm³/mol. The van der Waals surface area contributed by atoms with E-state index >= 15 is 0 Å². The lowest BCUT2D eigenvalue weighted by molar-refractivity contribution is 0.507. The zero-order valence-corrected chi connectivity index (χ0v) is 9.81. The van der Waals surface area contributed by atoms with Gasteiger partial charge in [-0.1, -0.05) is 12.1 Å². The Morgan fingerprint density at radius 2 is 2.12 bits per heavy atom. The van der Waals surface area contributed by atoms with Crippen molar-refractivity contribution in [1.29, 1.82) is 0 Å². The molecule has 0 aliphatic carbocycles. The second-order valence-corrected chi connectivity index (χ2v) is 4.00. The Morgan fingerprint density at radius 3 is 2.76 bits per heavy atom. The molecule has 90 valence electrons. The molecule has 17 heavy (non-hydrogen) atoms. The number of nitrogens with one attached hydrogen (secondary N) is 1. The Labute approximate surface area is 100 Å². The maximum absolute atomic E-state index is 12.8. The van der Waals surface area contributed by atoms with Gasteiger partial charge < -0.3 is 5.32 Å². The molecule has 1 aromatic heterocycles. The quantitative estimate of drug-likeness (QED) is 0.859. The molecule has 2 rings (SSSR count). The molecule has 1 aromatic carbocycles. The highest BCUT2D eigenvalue weighted by Gasteiger charge is 2.04. The van der Waals surface area contributed by atoms with E-state index in [1.54, 1.807) is 18.3 Å². The van der Waals surface area contributed by atoms with Crippen LogP contribution < -0.4 is 5.32 Å². The smallest absolute Gasteiger partial charge is 0.123 e. The molecule has 2 aromatic rings. The molecule has 0 aliphatic heterocycles. The molecule has 0 unspecified atom stereocenters. The van der Waals surface area contributed by atoms with E-state index in [9.17, 15) is 4.39 Å². The number of hydrogen-bond acceptors (Lipinski definition) is 2. The summed E-state index contributed by atoms with van der Waals surface area (Å²) in [6, 6.07) is 8.71. The second kappa shape index (κ2) is 5.59. The third-order valence-corrected chi connectivity index (χ3v) is 2.72. The van der Waals surface area contributed by atoms with Crippen molar-refractivity contribution in [1.82, 2.24) is 15.1 Å². The van der Waals surface area contributed by atoms with E-state index in [-0.39, 0.29) is 11.9 Å². The largest absolute Gasteiger partial charge is 0.308 e. The Morgan fingerprint density at radius 1 is 1.35 bits per heavy atom. The molecule has 0 spiro atoms. The number of aromatic nitrogens is 2. The molecule has 0 bridgehead atoms. The Balaban J connectivity index is 1.81. The molecule has 0 aliphatic rings. The van der Waals surface area contributed by atoms with E-state index in [1.165, 1.54) is 12.1 Å². The van der Waals surface area contributed by atoms with Crippen LogP contribution in [0.15, 0.2) is 42.7 Å². The van der Waals surface area contributed by atoms with Crippen LogP contribution in [0, 0.1) is 5.82 Å². The van der Waals surface area contributed by atoms with Crippen LogP contribution in [0.3, 0.4) is 0 Å². The molecular weight excluding hydrogens is 217 g/mol. The van der Waals surface area contributed by atoms with Gasteiger partial charge in [-0.3, -0.25) is 4.68 Å². The zero-order valence-electron chi connectivity index (χ0n) is 9.81. The summed E-state index contributed by atoms with van der Waals surface area (Å²) in [5.74, 6) is -0.197. The second-order valence-electron chi connectivity index (χ2n) is 4.00. The number of halogens is 1. The summed E-state index contributed by atoms with van der Waals surface area (Å²) in [6.07, 6.45) is 3.70. The number of hydrogen-bond donors (Lipinski definition) is 1. The van der Waals surface area contributed by atoms with Crippen molar-refractivity contribution in [2.24, 2.45) is 0 Å². The highest BCUT2D eigenvalue weighted by molar-refractivity contribution is 5.19. The first kappa shape index (κ1) is 11.8. The molecular formula is C13H16FN3. The minimum absolute atomic E-state index is 0.197. The molecule has 1 atom stereocenters. The molecule has 0 radical (unpaired) electrons. The first-order valence-electron chi connectivity index (χ1n) is 5.72. The van der Waals surface area contributed by atoms with Gasteiger partial charge in [0.25, 0.3) is 0 Å². The van der Waals surface area contributed by atoms with Gasteiger partial charge >= 0.3 is 0 Å². The fourth-order valence-electron chi connectivity index (χ4n) is 1.70. The summed E-state index contributed by atoms with van der Waals surface area (Å²) in [5, 5.41) is 7.50. The van der Waals surface area contributed by atoms with Crippen molar-refractivity contribution in [3.8, 4) is 0 Å². The van der Waals surface area contributed by atoms with Crippen LogP contribution in [-0.4, -0.2) is 16.3 Å². The van der Waals surface area contributed by atoms with Gasteiger partial charge in [0.05, 0.1) is 6.54 Å². The number of rotatable bonds is 5. The molecule has 1 N–H and O–H groups in total. The highest BCUT2D eigenvalue weighted by Crippen LogP contribution is 2.12. The minimum atomic E-state index is -0.197. The van der Waals surface area contributed by atoms with Crippen molar-refractivity contribution >= 4 is 0 Å². The summed E-state index contributed by atoms with van der Waals surface area (Å²) in [5.41, 5.74) is 1.09. The SMILES string of the molecule is C[C@H](NCCn1cccn1)c1ccc(F)cc1. The summed E-state index contributed by atoms with van der Waals surface area (Å²) < 4.78 is 14.6. The van der Waals surface area contributed by atoms with Gasteiger partial charge in [-0.15, -0.1) is 0 Å². The van der Waals surface area contributed by atoms with E-state index in [0.29, 0.717) is 0 Å². The van der Waals surface area contributed by atoms with Crippen LogP contribution in [0.2, 0.25) is 0 Å². The van der Waals surface area contributed by atoms with Gasteiger partial charge in [0.2, 0.25) is 0 Å². The summed E-state index contributed by atoms with van der Waals surface area (Å²) in [4.78, 5) is 0. The van der Waals surface area contributed by atoms with Gasteiger partial charge in [0, 0.05) is 25.0 Å². The third kappa shape index (κ3) is 3.39. The van der Waals surface area contributed by atoms with Gasteiger partial charge in [-0.25, -0.2) is 4.39 Å². The predicted octanol–water partition coefficient (Wildman–Crippen LogP) is 2.37. The average Bonchev–Trinajstić information content (AvgIpc) is 2.83. The standard InChI is InChI=1S/C13H16FN3/c1-11(12-3-5-13(14)6-4-12)15-8-10-17-9-2-7-16-17/h2-7,9,11,15H,8,10H2,1H3/t11-/m0/s1. The monoisotopic (exact) mass is 233 g/mol. The maximum Gasteiger partial charge on any atom is 0.123 e. The van der Waals surface area contributed by atoms with Crippen LogP contribution in [0.1, 0.15) is 18.5 Å². The molecule has 0 saturated carbocycles. The zero-order chi connectivity index (χ0) is 12.1. The summed E-state index contributed by atoms with van der Waals surface area (Å²) >= 11 is 0. The van der Waals surface area contributed by atoms with Crippen molar-refractivity contribution in [3.63, 3.8) is 0 Å². The van der Waals surface area contributed by atoms with Crippen LogP contribution in [0.4, 0.5) is 4.39 Å². The fraction of sp³-hybridized carbons (Fsp3) is 0.308. The molecule has 0 fully saturated rings. The maximum atomic E-state index is 12.8. The van der Waals surface area contributed by atoms with Crippen LogP contribution in [0.25, 0.3) is 0 Å². The van der Waals surface area contributed by atoms with E-state index in [4.69, 9.17) is 0 Å². The van der Waals surface area contributed by atoms with Crippen molar-refractivity contribution < 1.29 is 4.39 Å². The lowest BCUT2D eigenvalue weighted by atomic mass is 10.1. The molecule has 4 heteroatoms.